The molecule has 3 aromatic rings. The molecule has 3 rings (SSSR count). The van der Waals surface area contributed by atoms with Crippen molar-refractivity contribution in [3.63, 3.8) is 0 Å². The van der Waals surface area contributed by atoms with Crippen LogP contribution >= 0.6 is 11.3 Å². The molecule has 140 valence electrons. The lowest BCUT2D eigenvalue weighted by molar-refractivity contribution is -0.128. The Labute approximate surface area is 159 Å². The third-order valence-electron chi connectivity index (χ3n) is 3.73. The average molecular weight is 386 g/mol. The van der Waals surface area contributed by atoms with Crippen LogP contribution in [0.3, 0.4) is 0 Å². The number of methoxy groups -OCH3 is 1. The van der Waals surface area contributed by atoms with Gasteiger partial charge in [-0.3, -0.25) is 14.8 Å². The highest BCUT2D eigenvalue weighted by Gasteiger charge is 2.10. The number of thiazole rings is 1. The maximum atomic E-state index is 12.1. The van der Waals surface area contributed by atoms with Gasteiger partial charge in [-0.2, -0.15) is 0 Å². The van der Waals surface area contributed by atoms with Gasteiger partial charge in [0.15, 0.2) is 5.13 Å². The minimum absolute atomic E-state index is 0.0628. The zero-order chi connectivity index (χ0) is 19.2. The molecule has 0 aliphatic rings. The van der Waals surface area contributed by atoms with Crippen LogP contribution in [-0.2, 0) is 16.0 Å². The summed E-state index contributed by atoms with van der Waals surface area (Å²) in [6.07, 6.45) is 0.0628. The topological polar surface area (TPSA) is 113 Å². The summed E-state index contributed by atoms with van der Waals surface area (Å²) in [5.41, 5.74) is 3.67. The van der Waals surface area contributed by atoms with Gasteiger partial charge in [0.1, 0.15) is 11.3 Å². The number of nitrogens with zero attached hydrogens (tertiary/aromatic N) is 1. The molecule has 0 fully saturated rings. The number of hydrogen-bond acceptors (Lipinski definition) is 7. The predicted octanol–water partition coefficient (Wildman–Crippen LogP) is 2.40. The molecule has 0 saturated heterocycles. The van der Waals surface area contributed by atoms with Crippen LogP contribution in [-0.4, -0.2) is 35.7 Å². The number of carbonyl (C=O) groups is 2. The van der Waals surface area contributed by atoms with Gasteiger partial charge in [0.05, 0.1) is 24.8 Å². The van der Waals surface area contributed by atoms with Crippen molar-refractivity contribution in [3.05, 3.63) is 48.0 Å². The highest BCUT2D eigenvalue weighted by atomic mass is 32.1. The fraction of sp³-hybridized carbons (Fsp3) is 0.167. The number of carbonyl (C=O) groups excluding carboxylic acids is 2. The zero-order valence-electron chi connectivity index (χ0n) is 14.5. The van der Waals surface area contributed by atoms with E-state index in [9.17, 15) is 9.59 Å². The smallest absolute Gasteiger partial charge is 0.247 e. The third-order valence-corrected chi connectivity index (χ3v) is 4.71. The Bertz CT molecular complexity index is 956. The van der Waals surface area contributed by atoms with Crippen LogP contribution in [0, 0.1) is 0 Å². The number of amides is 2. The van der Waals surface area contributed by atoms with Gasteiger partial charge in [-0.25, -0.2) is 10.5 Å². The maximum absolute atomic E-state index is 12.1. The number of aromatic nitrogens is 1. The van der Waals surface area contributed by atoms with E-state index in [1.807, 2.05) is 18.2 Å². The third kappa shape index (κ3) is 4.72. The van der Waals surface area contributed by atoms with Gasteiger partial charge < -0.3 is 15.4 Å². The number of benzene rings is 2. The van der Waals surface area contributed by atoms with Crippen LogP contribution in [0.4, 0.5) is 10.8 Å². The SMILES string of the molecule is COc1cccc2sc(NCC(=O)Nc3ccc(CC(=O)NO)cc3)nc12. The van der Waals surface area contributed by atoms with Crippen molar-refractivity contribution in [1.29, 1.82) is 0 Å². The molecular weight excluding hydrogens is 368 g/mol. The van der Waals surface area contributed by atoms with Crippen molar-refractivity contribution >= 4 is 44.2 Å². The summed E-state index contributed by atoms with van der Waals surface area (Å²) < 4.78 is 6.26. The molecule has 1 heterocycles. The second kappa shape index (κ2) is 8.47. The largest absolute Gasteiger partial charge is 0.494 e. The molecule has 0 unspecified atom stereocenters. The number of hydroxylamine groups is 1. The lowest BCUT2D eigenvalue weighted by Gasteiger charge is -2.07. The van der Waals surface area contributed by atoms with Crippen molar-refractivity contribution in [2.24, 2.45) is 0 Å². The first kappa shape index (κ1) is 18.6. The van der Waals surface area contributed by atoms with Crippen molar-refractivity contribution in [3.8, 4) is 5.75 Å². The normalized spacial score (nSPS) is 10.4. The molecule has 27 heavy (non-hydrogen) atoms. The molecule has 1 aromatic heterocycles. The lowest BCUT2D eigenvalue weighted by atomic mass is 10.1. The summed E-state index contributed by atoms with van der Waals surface area (Å²) in [5.74, 6) is -0.0262. The molecule has 0 saturated carbocycles. The van der Waals surface area contributed by atoms with E-state index < -0.39 is 5.91 Å². The average Bonchev–Trinajstić information content (AvgIpc) is 3.11. The van der Waals surface area contributed by atoms with Gasteiger partial charge in [0.25, 0.3) is 0 Å². The van der Waals surface area contributed by atoms with E-state index in [1.54, 1.807) is 36.9 Å². The summed E-state index contributed by atoms with van der Waals surface area (Å²) in [5, 5.41) is 14.9. The lowest BCUT2D eigenvalue weighted by Crippen LogP contribution is -2.22. The number of ether oxygens (including phenoxy) is 1. The predicted molar refractivity (Wildman–Crippen MR) is 103 cm³/mol. The van der Waals surface area contributed by atoms with Gasteiger partial charge in [0, 0.05) is 5.69 Å². The van der Waals surface area contributed by atoms with Crippen LogP contribution in [0.1, 0.15) is 5.56 Å². The summed E-state index contributed by atoms with van der Waals surface area (Å²) in [6.45, 7) is 0.0663. The first-order chi connectivity index (χ1) is 13.1. The Morgan fingerprint density at radius 1 is 1.15 bits per heavy atom. The molecule has 9 heteroatoms. The summed E-state index contributed by atoms with van der Waals surface area (Å²) in [7, 11) is 1.59. The zero-order valence-corrected chi connectivity index (χ0v) is 15.3. The van der Waals surface area contributed by atoms with Crippen molar-refractivity contribution in [2.75, 3.05) is 24.3 Å². The molecule has 0 atom stereocenters. The number of anilines is 2. The van der Waals surface area contributed by atoms with Gasteiger partial charge in [-0.05, 0) is 29.8 Å². The van der Waals surface area contributed by atoms with E-state index in [1.165, 1.54) is 11.3 Å². The second-order valence-corrected chi connectivity index (χ2v) is 6.67. The highest BCUT2D eigenvalue weighted by Crippen LogP contribution is 2.31. The number of hydrogen-bond donors (Lipinski definition) is 4. The second-order valence-electron chi connectivity index (χ2n) is 5.64. The molecule has 0 aliphatic carbocycles. The van der Waals surface area contributed by atoms with Crippen molar-refractivity contribution in [1.82, 2.24) is 10.5 Å². The van der Waals surface area contributed by atoms with Crippen molar-refractivity contribution < 1.29 is 19.5 Å². The molecule has 8 nitrogen and oxygen atoms in total. The van der Waals surface area contributed by atoms with E-state index in [0.29, 0.717) is 16.6 Å². The Morgan fingerprint density at radius 2 is 1.93 bits per heavy atom. The van der Waals surface area contributed by atoms with E-state index in [4.69, 9.17) is 9.94 Å². The minimum Gasteiger partial charge on any atom is -0.494 e. The van der Waals surface area contributed by atoms with Crippen LogP contribution < -0.4 is 20.9 Å². The van der Waals surface area contributed by atoms with E-state index in [0.717, 1.165) is 15.8 Å². The Hall–Kier alpha value is -3.17. The Kier molecular flexibility index (Phi) is 5.84. The summed E-state index contributed by atoms with van der Waals surface area (Å²) in [6, 6.07) is 12.5. The van der Waals surface area contributed by atoms with E-state index >= 15 is 0 Å². The summed E-state index contributed by atoms with van der Waals surface area (Å²) in [4.78, 5) is 27.7. The highest BCUT2D eigenvalue weighted by molar-refractivity contribution is 7.22. The first-order valence-electron chi connectivity index (χ1n) is 8.08. The fourth-order valence-corrected chi connectivity index (χ4v) is 3.33. The van der Waals surface area contributed by atoms with Gasteiger partial charge in [-0.15, -0.1) is 0 Å². The number of fused-ring (bicyclic) bond motifs is 1. The fourth-order valence-electron chi connectivity index (χ4n) is 2.46. The standard InChI is InChI=1S/C18H18N4O4S/c1-26-13-3-2-4-14-17(13)21-18(27-14)19-10-16(24)20-12-7-5-11(6-8-12)9-15(23)22-25/h2-8,25H,9-10H2,1H3,(H,19,21)(H,20,24)(H,22,23). The van der Waals surface area contributed by atoms with Gasteiger partial charge >= 0.3 is 0 Å². The Morgan fingerprint density at radius 3 is 2.63 bits per heavy atom. The Balaban J connectivity index is 1.56. The molecule has 2 aromatic carbocycles. The molecular formula is C18H18N4O4S. The van der Waals surface area contributed by atoms with E-state index in [-0.39, 0.29) is 18.9 Å². The van der Waals surface area contributed by atoms with Gasteiger partial charge in [-0.1, -0.05) is 29.5 Å². The number of para-hydroxylation sites is 1. The van der Waals surface area contributed by atoms with E-state index in [2.05, 4.69) is 15.6 Å². The van der Waals surface area contributed by atoms with Crippen molar-refractivity contribution in [2.45, 2.75) is 6.42 Å². The summed E-state index contributed by atoms with van der Waals surface area (Å²) >= 11 is 1.44. The molecule has 0 bridgehead atoms. The van der Waals surface area contributed by atoms with Crippen LogP contribution in [0.25, 0.3) is 10.2 Å². The molecule has 0 aliphatic heterocycles. The number of nitrogens with one attached hydrogen (secondary N) is 3. The van der Waals surface area contributed by atoms with Gasteiger partial charge in [0.2, 0.25) is 11.8 Å². The molecule has 0 spiro atoms. The molecule has 2 amide bonds. The van der Waals surface area contributed by atoms with Crippen LogP contribution in [0.15, 0.2) is 42.5 Å². The molecule has 0 radical (unpaired) electrons. The number of rotatable bonds is 7. The molecule has 4 N–H and O–H groups in total. The quantitative estimate of drug-likeness (QED) is 0.366. The monoisotopic (exact) mass is 386 g/mol. The first-order valence-corrected chi connectivity index (χ1v) is 8.90. The van der Waals surface area contributed by atoms with Crippen LogP contribution in [0.2, 0.25) is 0 Å². The minimum atomic E-state index is -0.497. The maximum Gasteiger partial charge on any atom is 0.247 e. The van der Waals surface area contributed by atoms with Crippen LogP contribution in [0.5, 0.6) is 5.75 Å².